The monoisotopic (exact) mass is 833 g/mol. The number of likely N-dealkylation sites (N-methyl/N-ethyl adjacent to an activating group) is 1. The van der Waals surface area contributed by atoms with Gasteiger partial charge in [-0.2, -0.15) is 0 Å². The van der Waals surface area contributed by atoms with Crippen molar-refractivity contribution in [3.63, 3.8) is 0 Å². The predicted molar refractivity (Wildman–Crippen MR) is 243 cm³/mol. The Bertz CT molecular complexity index is 883. The van der Waals surface area contributed by atoms with Crippen LogP contribution < -0.4 is 0 Å². The van der Waals surface area contributed by atoms with Crippen molar-refractivity contribution < 1.29 is 37.3 Å². The quantitative estimate of drug-likeness (QED) is 0.0283. The van der Waals surface area contributed by atoms with E-state index in [2.05, 4.69) is 13.8 Å². The van der Waals surface area contributed by atoms with E-state index in [1.807, 2.05) is 21.1 Å². The Morgan fingerprint density at radius 3 is 1.16 bits per heavy atom. The Labute approximate surface area is 355 Å². The van der Waals surface area contributed by atoms with Crippen LogP contribution in [0.15, 0.2) is 0 Å². The summed E-state index contributed by atoms with van der Waals surface area (Å²) in [5.74, 6) is -0.306. The second-order valence-electron chi connectivity index (χ2n) is 18.2. The first-order chi connectivity index (χ1) is 27.6. The standard InChI is InChI=1S/C48H98NO7P/c1-6-8-10-12-14-16-18-20-22-23-24-25-26-28-30-32-34-36-38-40-43-53-45-47(46-55-57(51,52)54-44-42-49(3,4)5)56-48(50)41-39-37-35-33-31-29-27-21-19-17-15-13-11-9-7-2/h47H,6-46H2,1-5H3/p+1. The van der Waals surface area contributed by atoms with Gasteiger partial charge in [-0.15, -0.1) is 0 Å². The Hall–Kier alpha value is -0.500. The summed E-state index contributed by atoms with van der Waals surface area (Å²) in [4.78, 5) is 22.9. The third-order valence-corrected chi connectivity index (χ3v) is 12.2. The second kappa shape index (κ2) is 42.2. The molecule has 0 aromatic carbocycles. The third-order valence-electron chi connectivity index (χ3n) is 11.2. The van der Waals surface area contributed by atoms with E-state index in [0.717, 1.165) is 32.1 Å². The molecule has 2 unspecified atom stereocenters. The van der Waals surface area contributed by atoms with Crippen molar-refractivity contribution in [1.29, 1.82) is 0 Å². The van der Waals surface area contributed by atoms with Gasteiger partial charge in [0.15, 0.2) is 0 Å². The van der Waals surface area contributed by atoms with Gasteiger partial charge in [0.05, 0.1) is 34.4 Å². The van der Waals surface area contributed by atoms with E-state index in [1.165, 1.54) is 193 Å². The minimum absolute atomic E-state index is 0.0941. The summed E-state index contributed by atoms with van der Waals surface area (Å²) in [6.07, 6.45) is 45.7. The molecule has 0 saturated carbocycles. The highest BCUT2D eigenvalue weighted by Crippen LogP contribution is 2.43. The number of esters is 1. The fraction of sp³-hybridized carbons (Fsp3) is 0.979. The van der Waals surface area contributed by atoms with Gasteiger partial charge in [0.2, 0.25) is 0 Å². The van der Waals surface area contributed by atoms with E-state index in [1.54, 1.807) is 0 Å². The molecule has 9 heteroatoms. The molecular formula is C48H99NO7P+. The maximum atomic E-state index is 12.7. The number of quaternary nitrogens is 1. The molecule has 57 heavy (non-hydrogen) atoms. The van der Waals surface area contributed by atoms with Gasteiger partial charge >= 0.3 is 13.8 Å². The van der Waals surface area contributed by atoms with Crippen molar-refractivity contribution in [3.05, 3.63) is 0 Å². The first-order valence-electron chi connectivity index (χ1n) is 24.8. The molecule has 342 valence electrons. The summed E-state index contributed by atoms with van der Waals surface area (Å²) >= 11 is 0. The number of ether oxygens (including phenoxy) is 2. The molecule has 0 rings (SSSR count). The van der Waals surface area contributed by atoms with Gasteiger partial charge < -0.3 is 18.9 Å². The van der Waals surface area contributed by atoms with Crippen molar-refractivity contribution in [2.24, 2.45) is 0 Å². The zero-order valence-electron chi connectivity index (χ0n) is 38.9. The molecule has 0 aliphatic heterocycles. The summed E-state index contributed by atoms with van der Waals surface area (Å²) in [5.41, 5.74) is 0. The first kappa shape index (κ1) is 56.5. The number of nitrogens with zero attached hydrogens (tertiary/aromatic N) is 1. The molecule has 0 heterocycles. The first-order valence-corrected chi connectivity index (χ1v) is 26.3. The summed E-state index contributed by atoms with van der Waals surface area (Å²) in [7, 11) is 1.69. The smallest absolute Gasteiger partial charge is 0.457 e. The van der Waals surface area contributed by atoms with Crippen molar-refractivity contribution in [1.82, 2.24) is 0 Å². The molecule has 0 saturated heterocycles. The van der Waals surface area contributed by atoms with Gasteiger partial charge in [-0.1, -0.05) is 226 Å². The average molecular weight is 833 g/mol. The van der Waals surface area contributed by atoms with Crippen LogP contribution >= 0.6 is 7.82 Å². The summed E-state index contributed by atoms with van der Waals surface area (Å²) in [6.45, 7) is 5.70. The van der Waals surface area contributed by atoms with Gasteiger partial charge in [0.25, 0.3) is 0 Å². The zero-order chi connectivity index (χ0) is 42.0. The SMILES string of the molecule is CCCCCCCCCCCCCCCCCCCCCCOCC(COP(=O)(O)OCC[N+](C)(C)C)OC(=O)CCCCCCCCCCCCCCCCC. The predicted octanol–water partition coefficient (Wildman–Crippen LogP) is 14.8. The number of hydrogen-bond acceptors (Lipinski definition) is 6. The minimum Gasteiger partial charge on any atom is -0.457 e. The molecule has 0 spiro atoms. The lowest BCUT2D eigenvalue weighted by atomic mass is 10.0. The third kappa shape index (κ3) is 46.4. The lowest BCUT2D eigenvalue weighted by Gasteiger charge is -2.24. The number of unbranched alkanes of at least 4 members (excludes halogenated alkanes) is 33. The lowest BCUT2D eigenvalue weighted by Crippen LogP contribution is -2.37. The molecule has 0 aliphatic rings. The Morgan fingerprint density at radius 2 is 0.807 bits per heavy atom. The number of carbonyl (C=O) groups excluding carboxylic acids is 1. The van der Waals surface area contributed by atoms with Crippen molar-refractivity contribution >= 4 is 13.8 Å². The van der Waals surface area contributed by atoms with Crippen LogP contribution in [0, 0.1) is 0 Å². The highest BCUT2D eigenvalue weighted by Gasteiger charge is 2.26. The highest BCUT2D eigenvalue weighted by molar-refractivity contribution is 7.47. The van der Waals surface area contributed by atoms with Gasteiger partial charge in [-0.25, -0.2) is 4.57 Å². The molecule has 0 bridgehead atoms. The van der Waals surface area contributed by atoms with Crippen LogP contribution in [-0.4, -0.2) is 75.6 Å². The van der Waals surface area contributed by atoms with E-state index in [-0.39, 0.29) is 25.8 Å². The van der Waals surface area contributed by atoms with Crippen LogP contribution in [0.5, 0.6) is 0 Å². The van der Waals surface area contributed by atoms with E-state index < -0.39 is 13.9 Å². The van der Waals surface area contributed by atoms with Crippen molar-refractivity contribution in [2.75, 3.05) is 54.1 Å². The van der Waals surface area contributed by atoms with Crippen LogP contribution in [0.1, 0.15) is 245 Å². The number of phosphoric ester groups is 1. The number of carbonyl (C=O) groups is 1. The van der Waals surface area contributed by atoms with Crippen LogP contribution in [0.4, 0.5) is 0 Å². The van der Waals surface area contributed by atoms with Crippen LogP contribution in [0.25, 0.3) is 0 Å². The molecule has 0 aromatic rings. The number of hydrogen-bond donors (Lipinski definition) is 1. The van der Waals surface area contributed by atoms with Crippen LogP contribution in [-0.2, 0) is 27.9 Å². The van der Waals surface area contributed by atoms with E-state index in [4.69, 9.17) is 18.5 Å². The zero-order valence-corrected chi connectivity index (χ0v) is 39.8. The van der Waals surface area contributed by atoms with Gasteiger partial charge in [-0.05, 0) is 12.8 Å². The highest BCUT2D eigenvalue weighted by atomic mass is 31.2. The molecule has 0 radical (unpaired) electrons. The topological polar surface area (TPSA) is 91.3 Å². The van der Waals surface area contributed by atoms with Crippen molar-refractivity contribution in [3.8, 4) is 0 Å². The number of rotatable bonds is 47. The number of phosphoric acid groups is 1. The maximum absolute atomic E-state index is 12.7. The fourth-order valence-electron chi connectivity index (χ4n) is 7.32. The minimum atomic E-state index is -4.27. The summed E-state index contributed by atoms with van der Waals surface area (Å²) in [5, 5.41) is 0. The lowest BCUT2D eigenvalue weighted by molar-refractivity contribution is -0.870. The van der Waals surface area contributed by atoms with E-state index >= 15 is 0 Å². The van der Waals surface area contributed by atoms with Gasteiger partial charge in [0.1, 0.15) is 19.3 Å². The summed E-state index contributed by atoms with van der Waals surface area (Å²) < 4.78 is 35.1. The fourth-order valence-corrected chi connectivity index (χ4v) is 8.06. The van der Waals surface area contributed by atoms with Crippen molar-refractivity contribution in [2.45, 2.75) is 251 Å². The molecule has 1 N–H and O–H groups in total. The second-order valence-corrected chi connectivity index (χ2v) is 19.7. The Morgan fingerprint density at radius 1 is 0.474 bits per heavy atom. The molecule has 0 amide bonds. The molecule has 8 nitrogen and oxygen atoms in total. The van der Waals surface area contributed by atoms with Gasteiger partial charge in [0, 0.05) is 13.0 Å². The molecule has 2 atom stereocenters. The molecule has 0 fully saturated rings. The normalized spacial score (nSPS) is 13.6. The largest absolute Gasteiger partial charge is 0.472 e. The Kier molecular flexibility index (Phi) is 41.8. The molecular weight excluding hydrogens is 734 g/mol. The van der Waals surface area contributed by atoms with Gasteiger partial charge in [-0.3, -0.25) is 13.8 Å². The average Bonchev–Trinajstić information content (AvgIpc) is 3.16. The maximum Gasteiger partial charge on any atom is 0.472 e. The van der Waals surface area contributed by atoms with E-state index in [9.17, 15) is 14.3 Å². The van der Waals surface area contributed by atoms with Crippen LogP contribution in [0.2, 0.25) is 0 Å². The van der Waals surface area contributed by atoms with E-state index in [0.29, 0.717) is 24.1 Å². The molecule has 0 aromatic heterocycles. The summed E-state index contributed by atoms with van der Waals surface area (Å²) in [6, 6.07) is 0. The Balaban J connectivity index is 4.09. The molecule has 0 aliphatic carbocycles. The van der Waals surface area contributed by atoms with Crippen LogP contribution in [0.3, 0.4) is 0 Å².